The lowest BCUT2D eigenvalue weighted by Crippen LogP contribution is -2.48. The number of pyridine rings is 1. The van der Waals surface area contributed by atoms with Gasteiger partial charge in [-0.2, -0.15) is 9.61 Å². The van der Waals surface area contributed by atoms with Gasteiger partial charge in [-0.1, -0.05) is 45.3 Å². The van der Waals surface area contributed by atoms with Gasteiger partial charge in [-0.15, -0.1) is 0 Å². The molecule has 3 fully saturated rings. The summed E-state index contributed by atoms with van der Waals surface area (Å²) in [6, 6.07) is 6.55. The number of anilines is 1. The Kier molecular flexibility index (Phi) is 11.8. The molecular weight excluding hydrogens is 749 g/mol. The van der Waals surface area contributed by atoms with E-state index in [0.717, 1.165) is 102 Å². The van der Waals surface area contributed by atoms with Crippen molar-refractivity contribution in [2.24, 2.45) is 0 Å². The Morgan fingerprint density at radius 1 is 0.877 bits per heavy atom. The lowest BCUT2D eigenvalue weighted by molar-refractivity contribution is 0.00565. The van der Waals surface area contributed by atoms with Crippen LogP contribution in [0, 0.1) is 13.8 Å². The molecular formula is C43H66N8O4Si2. The summed E-state index contributed by atoms with van der Waals surface area (Å²) >= 11 is 0. The van der Waals surface area contributed by atoms with E-state index in [4.69, 9.17) is 29.3 Å². The molecule has 1 N–H and O–H groups in total. The number of fused-ring (bicyclic) bond motifs is 3. The van der Waals surface area contributed by atoms with Crippen molar-refractivity contribution in [3.63, 3.8) is 0 Å². The van der Waals surface area contributed by atoms with Crippen molar-refractivity contribution in [1.29, 1.82) is 0 Å². The highest BCUT2D eigenvalue weighted by Gasteiger charge is 2.47. The molecule has 6 heterocycles. The fraction of sp³-hybridized carbons (Fsp3) is 0.651. The second-order valence-corrected chi connectivity index (χ2v) is 31.4. The quantitative estimate of drug-likeness (QED) is 0.0710. The summed E-state index contributed by atoms with van der Waals surface area (Å²) < 4.78 is 21.1. The topological polar surface area (TPSA) is 123 Å². The van der Waals surface area contributed by atoms with Gasteiger partial charge in [0.25, 0.3) is 0 Å². The maximum atomic E-state index is 13.5. The van der Waals surface area contributed by atoms with E-state index < -0.39 is 21.7 Å². The van der Waals surface area contributed by atoms with Crippen molar-refractivity contribution in [3.8, 4) is 22.6 Å². The van der Waals surface area contributed by atoms with Crippen molar-refractivity contribution >= 4 is 33.7 Å². The number of ether oxygens (including phenoxy) is 3. The van der Waals surface area contributed by atoms with E-state index in [1.165, 1.54) is 5.56 Å². The van der Waals surface area contributed by atoms with E-state index >= 15 is 0 Å². The number of nitrogens with one attached hydrogen (secondary N) is 1. The summed E-state index contributed by atoms with van der Waals surface area (Å²) in [6.07, 6.45) is 9.58. The first-order valence-corrected chi connectivity index (χ1v) is 28.6. The molecule has 1 saturated carbocycles. The molecule has 4 aromatic heterocycles. The third-order valence-electron chi connectivity index (χ3n) is 11.6. The molecule has 14 heteroatoms. The number of hydrogen-bond donors (Lipinski definition) is 1. The number of carbonyl (C=O) groups is 1. The van der Waals surface area contributed by atoms with E-state index in [-0.39, 0.29) is 24.1 Å². The number of aryl methyl sites for hydroxylation is 2. The average molecular weight is 815 g/mol. The van der Waals surface area contributed by atoms with Crippen LogP contribution in [0.25, 0.3) is 28.3 Å². The number of imidazole rings is 1. The zero-order valence-electron chi connectivity index (χ0n) is 36.4. The summed E-state index contributed by atoms with van der Waals surface area (Å²) in [5.74, 6) is 2.36. The highest BCUT2D eigenvalue weighted by Crippen LogP contribution is 2.52. The molecule has 1 aliphatic carbocycles. The van der Waals surface area contributed by atoms with Gasteiger partial charge in [0, 0.05) is 75.9 Å². The van der Waals surface area contributed by atoms with Crippen LogP contribution in [0.2, 0.25) is 51.4 Å². The molecule has 0 aromatic carbocycles. The van der Waals surface area contributed by atoms with E-state index in [1.54, 1.807) is 0 Å². The van der Waals surface area contributed by atoms with Crippen molar-refractivity contribution in [2.75, 3.05) is 31.6 Å². The number of H-pyrrole nitrogens is 1. The van der Waals surface area contributed by atoms with Crippen molar-refractivity contribution in [3.05, 3.63) is 47.2 Å². The molecule has 2 saturated heterocycles. The number of aromatic amines is 1. The van der Waals surface area contributed by atoms with Crippen molar-refractivity contribution in [2.45, 2.75) is 154 Å². The molecule has 2 bridgehead atoms. The summed E-state index contributed by atoms with van der Waals surface area (Å²) in [5.41, 5.74) is 7.36. The van der Waals surface area contributed by atoms with Gasteiger partial charge in [-0.05, 0) is 97.2 Å². The van der Waals surface area contributed by atoms with E-state index in [0.29, 0.717) is 32.6 Å². The molecule has 2 aliphatic heterocycles. The fourth-order valence-corrected chi connectivity index (χ4v) is 9.74. The lowest BCUT2D eigenvalue weighted by Gasteiger charge is -2.40. The summed E-state index contributed by atoms with van der Waals surface area (Å²) in [5, 5.41) is 5.11. The van der Waals surface area contributed by atoms with Crippen LogP contribution in [0.1, 0.15) is 93.8 Å². The van der Waals surface area contributed by atoms with Crippen LogP contribution in [-0.4, -0.2) is 101 Å². The Balaban J connectivity index is 1.31. The summed E-state index contributed by atoms with van der Waals surface area (Å²) in [7, 11) is -2.59. The predicted molar refractivity (Wildman–Crippen MR) is 233 cm³/mol. The number of aromatic nitrogens is 6. The normalized spacial score (nSPS) is 20.1. The molecule has 0 spiro atoms. The maximum absolute atomic E-state index is 13.5. The van der Waals surface area contributed by atoms with Gasteiger partial charge in [0.1, 0.15) is 30.6 Å². The molecule has 310 valence electrons. The van der Waals surface area contributed by atoms with Crippen LogP contribution in [0.15, 0.2) is 24.5 Å². The second-order valence-electron chi connectivity index (χ2n) is 20.2. The number of nitrogens with zero attached hydrogens (tertiary/aromatic N) is 7. The standard InChI is InChI=1S/C43H66N8O4Si2/c1-28-29(2)47-39(46-28)36-17-14-31(24-44-36)35-25-45-51-40(35)48-38(32-22-33-15-16-34(23-32)50(33)42(52)55-43(3,4)5)37(30-12-13-30)41(51)49(26-53-18-20-56(6,7)8)27-54-19-21-57(9,10)11/h14,17,24-25,30,32-34H,12-13,15-16,18-23,26-27H2,1-11H3,(H,46,47). The van der Waals surface area contributed by atoms with Crippen molar-refractivity contribution in [1.82, 2.24) is 34.4 Å². The predicted octanol–water partition coefficient (Wildman–Crippen LogP) is 9.75. The number of piperidine rings is 1. The molecule has 3 aliphatic rings. The Morgan fingerprint density at radius 3 is 2.02 bits per heavy atom. The van der Waals surface area contributed by atoms with Crippen LogP contribution >= 0.6 is 0 Å². The number of hydrogen-bond acceptors (Lipinski definition) is 9. The lowest BCUT2D eigenvalue weighted by atomic mass is 9.85. The fourth-order valence-electron chi connectivity index (χ4n) is 8.23. The zero-order chi connectivity index (χ0) is 40.9. The first kappa shape index (κ1) is 41.6. The van der Waals surface area contributed by atoms with Crippen LogP contribution < -0.4 is 4.90 Å². The monoisotopic (exact) mass is 814 g/mol. The molecule has 0 radical (unpaired) electrons. The Bertz CT molecular complexity index is 1990. The van der Waals surface area contributed by atoms with Gasteiger partial charge >= 0.3 is 6.09 Å². The van der Waals surface area contributed by atoms with Crippen molar-refractivity contribution < 1.29 is 19.0 Å². The van der Waals surface area contributed by atoms with E-state index in [1.807, 2.05) is 62.5 Å². The smallest absolute Gasteiger partial charge is 0.410 e. The molecule has 57 heavy (non-hydrogen) atoms. The Morgan fingerprint density at radius 2 is 1.51 bits per heavy atom. The first-order valence-electron chi connectivity index (χ1n) is 21.2. The van der Waals surface area contributed by atoms with Crippen LogP contribution in [0.5, 0.6) is 0 Å². The third-order valence-corrected chi connectivity index (χ3v) is 15.0. The molecule has 1 amide bonds. The average Bonchev–Trinajstić information content (AvgIpc) is 3.70. The highest BCUT2D eigenvalue weighted by molar-refractivity contribution is 6.76. The number of rotatable bonds is 15. The Labute approximate surface area is 341 Å². The second kappa shape index (κ2) is 16.2. The number of carbonyl (C=O) groups excluding carboxylic acids is 1. The molecule has 2 atom stereocenters. The van der Waals surface area contributed by atoms with Crippen LogP contribution in [-0.2, 0) is 14.2 Å². The van der Waals surface area contributed by atoms with E-state index in [9.17, 15) is 4.79 Å². The third kappa shape index (κ3) is 9.83. The molecule has 4 aromatic rings. The van der Waals surface area contributed by atoms with Gasteiger partial charge in [0.2, 0.25) is 0 Å². The Hall–Kier alpha value is -3.60. The molecule has 7 rings (SSSR count). The minimum Gasteiger partial charge on any atom is -0.444 e. The SMILES string of the molecule is Cc1nc(-c2ccc(-c3cnn4c(N(COCC[Si](C)(C)C)COCC[Si](C)(C)C)c(C5CC5)c(C5CC6CCC(C5)N6C(=O)OC(C)(C)C)nc34)cn2)[nH]c1C. The van der Waals surface area contributed by atoms with Gasteiger partial charge in [0.15, 0.2) is 11.5 Å². The van der Waals surface area contributed by atoms with Gasteiger partial charge in [-0.25, -0.2) is 14.8 Å². The highest BCUT2D eigenvalue weighted by atomic mass is 28.3. The number of amides is 1. The van der Waals surface area contributed by atoms with Crippen LogP contribution in [0.4, 0.5) is 10.6 Å². The minimum atomic E-state index is -1.30. The zero-order valence-corrected chi connectivity index (χ0v) is 38.4. The van der Waals surface area contributed by atoms with Crippen LogP contribution in [0.3, 0.4) is 0 Å². The summed E-state index contributed by atoms with van der Waals surface area (Å²) in [6.45, 7) is 26.5. The van der Waals surface area contributed by atoms with Gasteiger partial charge < -0.3 is 29.0 Å². The van der Waals surface area contributed by atoms with Gasteiger partial charge in [-0.3, -0.25) is 4.98 Å². The van der Waals surface area contributed by atoms with Gasteiger partial charge in [0.05, 0.1) is 17.6 Å². The maximum Gasteiger partial charge on any atom is 0.410 e. The molecule has 12 nitrogen and oxygen atoms in total. The minimum absolute atomic E-state index is 0.123. The first-order chi connectivity index (χ1) is 26.8. The molecule has 2 unspecified atom stereocenters. The summed E-state index contributed by atoms with van der Waals surface area (Å²) in [4.78, 5) is 36.4. The largest absolute Gasteiger partial charge is 0.444 e. The van der Waals surface area contributed by atoms with E-state index in [2.05, 4.69) is 60.2 Å².